The highest BCUT2D eigenvalue weighted by Gasteiger charge is 2.37. The number of alkyl halides is 3. The number of fused-ring (bicyclic) bond motifs is 1. The molecule has 0 saturated heterocycles. The summed E-state index contributed by atoms with van der Waals surface area (Å²) in [6.07, 6.45) is -4.99. The van der Waals surface area contributed by atoms with E-state index in [1.165, 1.54) is 6.07 Å². The van der Waals surface area contributed by atoms with Crippen molar-refractivity contribution in [3.8, 4) is 39.3 Å². The molecule has 1 aliphatic rings. The molecule has 3 heterocycles. The van der Waals surface area contributed by atoms with Gasteiger partial charge in [0.25, 0.3) is 5.56 Å². The predicted octanol–water partition coefficient (Wildman–Crippen LogP) is 6.19. The van der Waals surface area contributed by atoms with E-state index >= 15 is 0 Å². The number of rotatable bonds is 4. The molecule has 2 aromatic carbocycles. The monoisotopic (exact) mass is 516 g/mol. The standard InChI is InChI=1S/C25H13F5N2O3S/c26-15-3-1-14(19(27)8-15)11-32-20(9-18(25(28,29)30)17(10-31)24(32)33)23-16(5-6-36-23)13-2-4-21-22(7-13)35-12-34-21/h1-9H,11-12H2. The van der Waals surface area contributed by atoms with E-state index in [0.29, 0.717) is 34.8 Å². The van der Waals surface area contributed by atoms with Gasteiger partial charge in [-0.05, 0) is 41.3 Å². The van der Waals surface area contributed by atoms with Crippen LogP contribution in [-0.4, -0.2) is 11.4 Å². The molecular weight excluding hydrogens is 503 g/mol. The van der Waals surface area contributed by atoms with E-state index in [0.717, 1.165) is 28.0 Å². The summed E-state index contributed by atoms with van der Waals surface area (Å²) in [5.41, 5.74) is -2.98. The Hall–Kier alpha value is -4.17. The van der Waals surface area contributed by atoms with E-state index < -0.39 is 41.0 Å². The van der Waals surface area contributed by atoms with E-state index in [1.807, 2.05) is 0 Å². The zero-order chi connectivity index (χ0) is 25.6. The zero-order valence-corrected chi connectivity index (χ0v) is 18.8. The average Bonchev–Trinajstić information content (AvgIpc) is 3.50. The van der Waals surface area contributed by atoms with E-state index in [2.05, 4.69) is 0 Å². The summed E-state index contributed by atoms with van der Waals surface area (Å²) >= 11 is 1.07. The van der Waals surface area contributed by atoms with Gasteiger partial charge in [0.1, 0.15) is 23.3 Å². The minimum Gasteiger partial charge on any atom is -0.454 e. The van der Waals surface area contributed by atoms with Crippen LogP contribution in [-0.2, 0) is 12.7 Å². The van der Waals surface area contributed by atoms with Crippen LogP contribution in [0.2, 0.25) is 0 Å². The third kappa shape index (κ3) is 4.09. The molecule has 0 unspecified atom stereocenters. The first kappa shape index (κ1) is 23.6. The molecule has 2 aromatic heterocycles. The van der Waals surface area contributed by atoms with Gasteiger partial charge in [-0.3, -0.25) is 4.79 Å². The van der Waals surface area contributed by atoms with Crippen molar-refractivity contribution in [2.24, 2.45) is 0 Å². The lowest BCUT2D eigenvalue weighted by molar-refractivity contribution is -0.137. The first-order valence-electron chi connectivity index (χ1n) is 10.3. The normalized spacial score (nSPS) is 12.6. The molecule has 4 aromatic rings. The third-order valence-electron chi connectivity index (χ3n) is 5.64. The van der Waals surface area contributed by atoms with Gasteiger partial charge in [-0.25, -0.2) is 8.78 Å². The first-order chi connectivity index (χ1) is 17.2. The van der Waals surface area contributed by atoms with E-state index in [-0.39, 0.29) is 22.9 Å². The molecule has 0 fully saturated rings. The molecule has 0 bridgehead atoms. The highest BCUT2D eigenvalue weighted by Crippen LogP contribution is 2.43. The van der Waals surface area contributed by atoms with E-state index in [9.17, 15) is 32.0 Å². The fourth-order valence-electron chi connectivity index (χ4n) is 3.94. The average molecular weight is 516 g/mol. The Morgan fingerprint density at radius 3 is 2.53 bits per heavy atom. The number of halogens is 5. The molecule has 5 nitrogen and oxygen atoms in total. The van der Waals surface area contributed by atoms with Gasteiger partial charge in [-0.15, -0.1) is 11.3 Å². The number of thiophene rings is 1. The maximum atomic E-state index is 14.4. The maximum absolute atomic E-state index is 14.4. The number of aromatic nitrogens is 1. The Kier molecular flexibility index (Phi) is 5.76. The van der Waals surface area contributed by atoms with Gasteiger partial charge < -0.3 is 14.0 Å². The smallest absolute Gasteiger partial charge is 0.417 e. The Labute approximate surface area is 204 Å². The van der Waals surface area contributed by atoms with Crippen LogP contribution in [0.15, 0.2) is 58.7 Å². The van der Waals surface area contributed by atoms with Gasteiger partial charge in [-0.2, -0.15) is 18.4 Å². The Morgan fingerprint density at radius 2 is 1.81 bits per heavy atom. The van der Waals surface area contributed by atoms with Crippen LogP contribution in [0.25, 0.3) is 21.7 Å². The second kappa shape index (κ2) is 8.80. The number of hydrogen-bond donors (Lipinski definition) is 0. The lowest BCUT2D eigenvalue weighted by atomic mass is 10.0. The van der Waals surface area contributed by atoms with Crippen molar-refractivity contribution in [1.82, 2.24) is 4.57 Å². The molecule has 36 heavy (non-hydrogen) atoms. The Bertz CT molecular complexity index is 1600. The first-order valence-corrected chi connectivity index (χ1v) is 11.2. The van der Waals surface area contributed by atoms with Gasteiger partial charge >= 0.3 is 6.18 Å². The SMILES string of the molecule is N#Cc1c(C(F)(F)F)cc(-c2sccc2-c2ccc3c(c2)OCO3)n(Cc2ccc(F)cc2F)c1=O. The molecule has 0 N–H and O–H groups in total. The molecular formula is C25H13F5N2O3S. The summed E-state index contributed by atoms with van der Waals surface area (Å²) in [5.74, 6) is -0.867. The fraction of sp³-hybridized carbons (Fsp3) is 0.120. The van der Waals surface area contributed by atoms with Gasteiger partial charge in [0.2, 0.25) is 6.79 Å². The quantitative estimate of drug-likeness (QED) is 0.304. The van der Waals surface area contributed by atoms with Gasteiger partial charge in [-0.1, -0.05) is 12.1 Å². The van der Waals surface area contributed by atoms with Crippen LogP contribution < -0.4 is 15.0 Å². The van der Waals surface area contributed by atoms with Crippen LogP contribution in [0.1, 0.15) is 16.7 Å². The van der Waals surface area contributed by atoms with Crippen molar-refractivity contribution < 1.29 is 31.4 Å². The third-order valence-corrected chi connectivity index (χ3v) is 6.58. The zero-order valence-electron chi connectivity index (χ0n) is 18.0. The van der Waals surface area contributed by atoms with Crippen molar-refractivity contribution in [3.05, 3.63) is 92.6 Å². The van der Waals surface area contributed by atoms with Crippen molar-refractivity contribution in [1.29, 1.82) is 5.26 Å². The Morgan fingerprint density at radius 1 is 1.03 bits per heavy atom. The lowest BCUT2D eigenvalue weighted by Crippen LogP contribution is -2.29. The summed E-state index contributed by atoms with van der Waals surface area (Å²) in [7, 11) is 0. The summed E-state index contributed by atoms with van der Waals surface area (Å²) in [4.78, 5) is 13.5. The number of ether oxygens (including phenoxy) is 2. The highest BCUT2D eigenvalue weighted by atomic mass is 32.1. The maximum Gasteiger partial charge on any atom is 0.417 e. The molecule has 0 radical (unpaired) electrons. The number of hydrogen-bond acceptors (Lipinski definition) is 5. The summed E-state index contributed by atoms with van der Waals surface area (Å²) in [6, 6.07) is 11.4. The molecule has 11 heteroatoms. The van der Waals surface area contributed by atoms with Crippen LogP contribution in [0, 0.1) is 23.0 Å². The minimum absolute atomic E-state index is 0.0304. The molecule has 0 atom stereocenters. The molecule has 5 rings (SSSR count). The van der Waals surface area contributed by atoms with Crippen molar-refractivity contribution in [2.45, 2.75) is 12.7 Å². The van der Waals surface area contributed by atoms with E-state index in [1.54, 1.807) is 29.6 Å². The summed E-state index contributed by atoms with van der Waals surface area (Å²) < 4.78 is 81.0. The van der Waals surface area contributed by atoms with E-state index in [4.69, 9.17) is 9.47 Å². The number of nitriles is 1. The molecule has 182 valence electrons. The van der Waals surface area contributed by atoms with Crippen LogP contribution >= 0.6 is 11.3 Å². The molecule has 0 aliphatic carbocycles. The van der Waals surface area contributed by atoms with Crippen molar-refractivity contribution in [3.63, 3.8) is 0 Å². The molecule has 0 amide bonds. The van der Waals surface area contributed by atoms with Crippen LogP contribution in [0.3, 0.4) is 0 Å². The van der Waals surface area contributed by atoms with Gasteiger partial charge in [0.05, 0.1) is 22.7 Å². The van der Waals surface area contributed by atoms with Crippen molar-refractivity contribution >= 4 is 11.3 Å². The van der Waals surface area contributed by atoms with Gasteiger partial charge in [0, 0.05) is 17.2 Å². The lowest BCUT2D eigenvalue weighted by Gasteiger charge is -2.18. The number of nitrogens with zero attached hydrogens (tertiary/aromatic N) is 2. The number of benzene rings is 2. The summed E-state index contributed by atoms with van der Waals surface area (Å²) in [6.45, 7) is -0.492. The highest BCUT2D eigenvalue weighted by molar-refractivity contribution is 7.14. The predicted molar refractivity (Wildman–Crippen MR) is 121 cm³/mol. The second-order valence-electron chi connectivity index (χ2n) is 7.79. The van der Waals surface area contributed by atoms with Gasteiger partial charge in [0.15, 0.2) is 11.5 Å². The molecule has 1 aliphatic heterocycles. The Balaban J connectivity index is 1.75. The topological polar surface area (TPSA) is 64.2 Å². The molecule has 0 saturated carbocycles. The summed E-state index contributed by atoms with van der Waals surface area (Å²) in [5, 5.41) is 11.0. The minimum atomic E-state index is -4.99. The van der Waals surface area contributed by atoms with Crippen molar-refractivity contribution in [2.75, 3.05) is 6.79 Å². The largest absolute Gasteiger partial charge is 0.454 e. The van der Waals surface area contributed by atoms with Crippen LogP contribution in [0.4, 0.5) is 22.0 Å². The molecule has 0 spiro atoms. The number of pyridine rings is 1. The van der Waals surface area contributed by atoms with Crippen LogP contribution in [0.5, 0.6) is 11.5 Å². The fourth-order valence-corrected chi connectivity index (χ4v) is 4.89. The second-order valence-corrected chi connectivity index (χ2v) is 8.70.